The average molecular weight is 424 g/mol. The summed E-state index contributed by atoms with van der Waals surface area (Å²) in [5.41, 5.74) is 1.44. The number of hydrogen-bond donors (Lipinski definition) is 2. The van der Waals surface area contributed by atoms with Crippen LogP contribution < -0.4 is 15.5 Å². The number of aliphatic imine (C=N–C) groups is 1. The first-order valence-electron chi connectivity index (χ1n) is 9.48. The number of nitrogens with zero attached hydrogens (tertiary/aromatic N) is 3. The van der Waals surface area contributed by atoms with Crippen molar-refractivity contribution in [1.29, 1.82) is 0 Å². The van der Waals surface area contributed by atoms with E-state index in [-0.39, 0.29) is 0 Å². The van der Waals surface area contributed by atoms with E-state index in [2.05, 4.69) is 49.8 Å². The van der Waals surface area contributed by atoms with E-state index < -0.39 is 11.9 Å². The second kappa shape index (κ2) is 9.78. The summed E-state index contributed by atoms with van der Waals surface area (Å²) < 4.78 is 37.9. The zero-order chi connectivity index (χ0) is 20.7. The molecule has 0 spiro atoms. The molecule has 9 heteroatoms. The number of halogens is 3. The lowest BCUT2D eigenvalue weighted by molar-refractivity contribution is -0.140. The van der Waals surface area contributed by atoms with Crippen molar-refractivity contribution >= 4 is 23.0 Å². The second-order valence-corrected chi connectivity index (χ2v) is 7.49. The molecule has 29 heavy (non-hydrogen) atoms. The Bertz CT molecular complexity index is 852. The Morgan fingerprint density at radius 2 is 2.03 bits per heavy atom. The van der Waals surface area contributed by atoms with Crippen molar-refractivity contribution in [2.24, 2.45) is 4.99 Å². The van der Waals surface area contributed by atoms with Crippen LogP contribution in [0.2, 0.25) is 0 Å². The van der Waals surface area contributed by atoms with Gasteiger partial charge in [-0.1, -0.05) is 24.3 Å². The zero-order valence-corrected chi connectivity index (χ0v) is 17.0. The van der Waals surface area contributed by atoms with E-state index in [9.17, 15) is 13.2 Å². The van der Waals surface area contributed by atoms with Gasteiger partial charge in [0.05, 0.1) is 11.6 Å². The number of anilines is 1. The molecule has 2 aromatic rings. The van der Waals surface area contributed by atoms with E-state index in [0.717, 1.165) is 35.4 Å². The Morgan fingerprint density at radius 1 is 1.24 bits per heavy atom. The molecular formula is C20H24F3N5S. The highest BCUT2D eigenvalue weighted by molar-refractivity contribution is 7.09. The third-order valence-electron chi connectivity index (χ3n) is 4.33. The Labute approximate surface area is 172 Å². The molecule has 1 aliphatic rings. The minimum Gasteiger partial charge on any atom is -0.364 e. The van der Waals surface area contributed by atoms with Crippen LogP contribution in [0.15, 0.2) is 46.8 Å². The maximum absolute atomic E-state index is 12.6. The third kappa shape index (κ3) is 6.22. The van der Waals surface area contributed by atoms with Crippen LogP contribution in [0.25, 0.3) is 0 Å². The lowest BCUT2D eigenvalue weighted by Gasteiger charge is -2.18. The number of rotatable bonds is 7. The predicted molar refractivity (Wildman–Crippen MR) is 111 cm³/mol. The maximum atomic E-state index is 12.6. The Morgan fingerprint density at radius 3 is 2.72 bits per heavy atom. The zero-order valence-electron chi connectivity index (χ0n) is 16.2. The van der Waals surface area contributed by atoms with Gasteiger partial charge in [-0.25, -0.2) is 9.98 Å². The number of thiazole rings is 1. The lowest BCUT2D eigenvalue weighted by Crippen LogP contribution is -2.38. The predicted octanol–water partition coefficient (Wildman–Crippen LogP) is 3.84. The van der Waals surface area contributed by atoms with Gasteiger partial charge in [-0.3, -0.25) is 0 Å². The van der Waals surface area contributed by atoms with Crippen LogP contribution in [-0.2, 0) is 19.1 Å². The van der Waals surface area contributed by atoms with Crippen LogP contribution in [-0.4, -0.2) is 37.1 Å². The Hall–Kier alpha value is -2.55. The summed E-state index contributed by atoms with van der Waals surface area (Å²) in [5, 5.41) is 7.83. The van der Waals surface area contributed by atoms with Gasteiger partial charge in [0.1, 0.15) is 0 Å². The van der Waals surface area contributed by atoms with Crippen molar-refractivity contribution in [1.82, 2.24) is 15.6 Å². The third-order valence-corrected chi connectivity index (χ3v) is 5.24. The number of hydrogen-bond acceptors (Lipinski definition) is 4. The normalized spacial score (nSPS) is 14.5. The van der Waals surface area contributed by atoms with Crippen molar-refractivity contribution in [3.8, 4) is 0 Å². The van der Waals surface area contributed by atoms with Gasteiger partial charge in [0.15, 0.2) is 11.7 Å². The summed E-state index contributed by atoms with van der Waals surface area (Å²) in [6, 6.07) is 8.29. The minimum atomic E-state index is -4.39. The van der Waals surface area contributed by atoms with Crippen molar-refractivity contribution in [2.45, 2.75) is 26.1 Å². The SMILES string of the molecule is CCNC(=NCc1cccc(N2CC=CC2)c1)NCCc1nc(C(F)(F)F)cs1. The van der Waals surface area contributed by atoms with Crippen LogP contribution in [0.1, 0.15) is 23.2 Å². The smallest absolute Gasteiger partial charge is 0.364 e. The van der Waals surface area contributed by atoms with Gasteiger partial charge in [-0.15, -0.1) is 11.3 Å². The van der Waals surface area contributed by atoms with Gasteiger partial charge in [0.2, 0.25) is 0 Å². The summed E-state index contributed by atoms with van der Waals surface area (Å²) in [5.74, 6) is 0.633. The molecule has 0 aliphatic carbocycles. The van der Waals surface area contributed by atoms with E-state index in [1.54, 1.807) is 0 Å². The summed E-state index contributed by atoms with van der Waals surface area (Å²) in [7, 11) is 0. The summed E-state index contributed by atoms with van der Waals surface area (Å²) in [6.07, 6.45) is 0.317. The fraction of sp³-hybridized carbons (Fsp3) is 0.400. The summed E-state index contributed by atoms with van der Waals surface area (Å²) in [4.78, 5) is 10.5. The number of aromatic nitrogens is 1. The van der Waals surface area contributed by atoms with E-state index in [1.165, 1.54) is 5.69 Å². The van der Waals surface area contributed by atoms with Gasteiger partial charge in [0, 0.05) is 43.7 Å². The van der Waals surface area contributed by atoms with E-state index in [4.69, 9.17) is 0 Å². The van der Waals surface area contributed by atoms with Crippen LogP contribution in [0.4, 0.5) is 18.9 Å². The van der Waals surface area contributed by atoms with E-state index in [1.807, 2.05) is 19.1 Å². The molecule has 0 fully saturated rings. The molecule has 156 valence electrons. The lowest BCUT2D eigenvalue weighted by atomic mass is 10.2. The van der Waals surface area contributed by atoms with Crippen molar-refractivity contribution in [2.75, 3.05) is 31.1 Å². The molecule has 0 bridgehead atoms. The monoisotopic (exact) mass is 423 g/mol. The average Bonchev–Trinajstić information content (AvgIpc) is 3.38. The number of benzene rings is 1. The number of nitrogens with one attached hydrogen (secondary N) is 2. The van der Waals surface area contributed by atoms with E-state index >= 15 is 0 Å². The standard InChI is InChI=1S/C20H24F3N5S/c1-2-24-19(25-9-8-18-27-17(14-29-18)20(21,22)23)26-13-15-6-5-7-16(12-15)28-10-3-4-11-28/h3-7,12,14H,2,8-11,13H2,1H3,(H2,24,25,26). The molecule has 0 atom stereocenters. The molecule has 1 aromatic heterocycles. The van der Waals surface area contributed by atoms with Gasteiger partial charge in [-0.05, 0) is 24.6 Å². The van der Waals surface area contributed by atoms with Crippen LogP contribution in [0.3, 0.4) is 0 Å². The van der Waals surface area contributed by atoms with E-state index in [0.29, 0.717) is 37.0 Å². The maximum Gasteiger partial charge on any atom is 0.434 e. The van der Waals surface area contributed by atoms with Gasteiger partial charge < -0.3 is 15.5 Å². The van der Waals surface area contributed by atoms with Gasteiger partial charge in [-0.2, -0.15) is 13.2 Å². The second-order valence-electron chi connectivity index (χ2n) is 6.54. The molecule has 0 radical (unpaired) electrons. The highest BCUT2D eigenvalue weighted by Crippen LogP contribution is 2.30. The molecule has 5 nitrogen and oxygen atoms in total. The molecule has 0 amide bonds. The quantitative estimate of drug-likeness (QED) is 0.404. The molecule has 1 aromatic carbocycles. The van der Waals surface area contributed by atoms with Crippen LogP contribution in [0, 0.1) is 0 Å². The van der Waals surface area contributed by atoms with Crippen LogP contribution >= 0.6 is 11.3 Å². The molecule has 0 unspecified atom stereocenters. The summed E-state index contributed by atoms with van der Waals surface area (Å²) in [6.45, 7) is 5.47. The molecule has 2 heterocycles. The molecule has 0 saturated carbocycles. The van der Waals surface area contributed by atoms with Crippen molar-refractivity contribution in [3.05, 3.63) is 58.1 Å². The fourth-order valence-corrected chi connectivity index (χ4v) is 3.70. The van der Waals surface area contributed by atoms with Crippen LogP contribution in [0.5, 0.6) is 0 Å². The minimum absolute atomic E-state index is 0.405. The first-order chi connectivity index (χ1) is 14.0. The van der Waals surface area contributed by atoms with Gasteiger partial charge in [0.25, 0.3) is 0 Å². The first-order valence-corrected chi connectivity index (χ1v) is 10.4. The number of guanidine groups is 1. The molecule has 2 N–H and O–H groups in total. The Kier molecular flexibility index (Phi) is 7.13. The van der Waals surface area contributed by atoms with Crippen molar-refractivity contribution in [3.63, 3.8) is 0 Å². The van der Waals surface area contributed by atoms with Gasteiger partial charge >= 0.3 is 6.18 Å². The largest absolute Gasteiger partial charge is 0.434 e. The molecule has 3 rings (SSSR count). The molecule has 1 aliphatic heterocycles. The Balaban J connectivity index is 1.54. The summed E-state index contributed by atoms with van der Waals surface area (Å²) >= 11 is 1.02. The fourth-order valence-electron chi connectivity index (χ4n) is 2.90. The topological polar surface area (TPSA) is 52.6 Å². The highest BCUT2D eigenvalue weighted by Gasteiger charge is 2.33. The molecule has 0 saturated heterocycles. The highest BCUT2D eigenvalue weighted by atomic mass is 32.1. The van der Waals surface area contributed by atoms with Crippen molar-refractivity contribution < 1.29 is 13.2 Å². The number of alkyl halides is 3. The molecular weight excluding hydrogens is 399 g/mol. The first kappa shape index (κ1) is 21.2.